The molecule has 0 fully saturated rings. The maximum Gasteiger partial charge on any atom is 0.214 e. The predicted molar refractivity (Wildman–Crippen MR) is 35.9 cm³/mol. The molecule has 0 aromatic heterocycles. The molecule has 0 amide bonds. The Hall–Kier alpha value is -0.120. The zero-order valence-electron chi connectivity index (χ0n) is 6.59. The average Bonchev–Trinajstić information content (AvgIpc) is 1.64. The molecular formula is C6H16NO2+. The maximum atomic E-state index is 9.23. The average molecular weight is 134 g/mol. The Morgan fingerprint density at radius 1 is 1.44 bits per heavy atom. The molecule has 1 N–H and O–H groups in total. The van der Waals surface area contributed by atoms with Crippen molar-refractivity contribution in [2.45, 2.75) is 6.23 Å². The summed E-state index contributed by atoms with van der Waals surface area (Å²) in [5.41, 5.74) is 0. The molecule has 9 heavy (non-hydrogen) atoms. The van der Waals surface area contributed by atoms with Gasteiger partial charge in [-0.15, -0.1) is 0 Å². The molecule has 0 aliphatic carbocycles. The van der Waals surface area contributed by atoms with Gasteiger partial charge in [0.15, 0.2) is 0 Å². The fraction of sp³-hybridized carbons (Fsp3) is 1.00. The minimum atomic E-state index is -0.421. The van der Waals surface area contributed by atoms with Crippen LogP contribution in [0, 0.1) is 0 Å². The smallest absolute Gasteiger partial charge is 0.214 e. The van der Waals surface area contributed by atoms with Gasteiger partial charge in [0.1, 0.15) is 6.61 Å². The number of nitrogens with zero attached hydrogens (tertiary/aromatic N) is 1. The lowest BCUT2D eigenvalue weighted by Gasteiger charge is -2.29. The quantitative estimate of drug-likeness (QED) is 0.422. The molecule has 0 aliphatic heterocycles. The van der Waals surface area contributed by atoms with Crippen LogP contribution in [0.4, 0.5) is 0 Å². The SMILES string of the molecule is COCC(O)[N+](C)(C)C. The van der Waals surface area contributed by atoms with Crippen LogP contribution < -0.4 is 0 Å². The number of aliphatic hydroxyl groups excluding tert-OH is 1. The molecule has 0 spiro atoms. The summed E-state index contributed by atoms with van der Waals surface area (Å²) in [7, 11) is 7.34. The highest BCUT2D eigenvalue weighted by atomic mass is 16.5. The molecule has 1 atom stereocenters. The van der Waals surface area contributed by atoms with Gasteiger partial charge in [0.2, 0.25) is 6.23 Å². The van der Waals surface area contributed by atoms with E-state index in [1.807, 2.05) is 21.1 Å². The van der Waals surface area contributed by atoms with Crippen molar-refractivity contribution in [1.82, 2.24) is 0 Å². The molecule has 0 saturated carbocycles. The molecule has 56 valence electrons. The number of likely N-dealkylation sites (N-methyl/N-ethyl adjacent to an activating group) is 1. The predicted octanol–water partition coefficient (Wildman–Crippen LogP) is -0.343. The Balaban J connectivity index is 3.59. The van der Waals surface area contributed by atoms with E-state index in [0.717, 1.165) is 0 Å². The Bertz CT molecular complexity index is 77.6. The molecule has 3 nitrogen and oxygen atoms in total. The first-order chi connectivity index (χ1) is 3.98. The van der Waals surface area contributed by atoms with Crippen molar-refractivity contribution in [1.29, 1.82) is 0 Å². The monoisotopic (exact) mass is 134 g/mol. The molecule has 1 unspecified atom stereocenters. The third kappa shape index (κ3) is 3.46. The van der Waals surface area contributed by atoms with E-state index >= 15 is 0 Å². The molecule has 3 heteroatoms. The number of aliphatic hydroxyl groups is 1. The molecule has 0 radical (unpaired) electrons. The first-order valence-corrected chi connectivity index (χ1v) is 2.96. The highest BCUT2D eigenvalue weighted by Gasteiger charge is 2.19. The van der Waals surface area contributed by atoms with Crippen molar-refractivity contribution < 1.29 is 14.3 Å². The lowest BCUT2D eigenvalue weighted by atomic mass is 10.5. The Labute approximate surface area is 56.4 Å². The number of hydrogen-bond donors (Lipinski definition) is 1. The number of quaternary nitrogens is 1. The number of rotatable bonds is 3. The van der Waals surface area contributed by atoms with Gasteiger partial charge in [-0.25, -0.2) is 0 Å². The van der Waals surface area contributed by atoms with Crippen LogP contribution in [0.2, 0.25) is 0 Å². The normalized spacial score (nSPS) is 15.7. The van der Waals surface area contributed by atoms with Crippen molar-refractivity contribution in [2.75, 3.05) is 34.9 Å². The Morgan fingerprint density at radius 3 is 2.00 bits per heavy atom. The summed E-state index contributed by atoms with van der Waals surface area (Å²) in [5, 5.41) is 9.23. The largest absolute Gasteiger partial charge is 0.376 e. The van der Waals surface area contributed by atoms with Crippen LogP contribution in [0.3, 0.4) is 0 Å². The Morgan fingerprint density at radius 2 is 1.89 bits per heavy atom. The van der Waals surface area contributed by atoms with Gasteiger partial charge in [0.25, 0.3) is 0 Å². The zero-order chi connectivity index (χ0) is 7.49. The van der Waals surface area contributed by atoms with Gasteiger partial charge < -0.3 is 14.3 Å². The number of hydrogen-bond acceptors (Lipinski definition) is 2. The van der Waals surface area contributed by atoms with E-state index in [-0.39, 0.29) is 0 Å². The molecule has 0 aliphatic rings. The van der Waals surface area contributed by atoms with Crippen LogP contribution in [-0.4, -0.2) is 50.7 Å². The summed E-state index contributed by atoms with van der Waals surface area (Å²) in [6.07, 6.45) is -0.421. The van der Waals surface area contributed by atoms with Crippen molar-refractivity contribution in [3.05, 3.63) is 0 Å². The summed E-state index contributed by atoms with van der Waals surface area (Å²) in [6.45, 7) is 0.392. The second-order valence-corrected chi connectivity index (χ2v) is 3.05. The van der Waals surface area contributed by atoms with E-state index in [4.69, 9.17) is 4.74 Å². The molecule has 0 aromatic carbocycles. The highest BCUT2D eigenvalue weighted by Crippen LogP contribution is 1.97. The number of ether oxygens (including phenoxy) is 1. The molecule has 0 heterocycles. The van der Waals surface area contributed by atoms with E-state index in [1.165, 1.54) is 0 Å². The van der Waals surface area contributed by atoms with Crippen LogP contribution in [0.25, 0.3) is 0 Å². The van der Waals surface area contributed by atoms with E-state index < -0.39 is 6.23 Å². The zero-order valence-corrected chi connectivity index (χ0v) is 6.59. The van der Waals surface area contributed by atoms with Gasteiger partial charge in [-0.3, -0.25) is 0 Å². The molecular weight excluding hydrogens is 118 g/mol. The second-order valence-electron chi connectivity index (χ2n) is 3.05. The lowest BCUT2D eigenvalue weighted by molar-refractivity contribution is -0.919. The third-order valence-corrected chi connectivity index (χ3v) is 1.21. The van der Waals surface area contributed by atoms with E-state index in [9.17, 15) is 5.11 Å². The van der Waals surface area contributed by atoms with Gasteiger partial charge in [-0.1, -0.05) is 0 Å². The fourth-order valence-corrected chi connectivity index (χ4v) is 0.373. The van der Waals surface area contributed by atoms with Crippen molar-refractivity contribution in [2.24, 2.45) is 0 Å². The second kappa shape index (κ2) is 3.15. The summed E-state index contributed by atoms with van der Waals surface area (Å²) in [5.74, 6) is 0. The van der Waals surface area contributed by atoms with Crippen LogP contribution >= 0.6 is 0 Å². The first kappa shape index (κ1) is 8.88. The maximum absolute atomic E-state index is 9.23. The van der Waals surface area contributed by atoms with Gasteiger partial charge in [-0.2, -0.15) is 0 Å². The first-order valence-electron chi connectivity index (χ1n) is 2.96. The van der Waals surface area contributed by atoms with Gasteiger partial charge in [-0.05, 0) is 0 Å². The summed E-state index contributed by atoms with van der Waals surface area (Å²) >= 11 is 0. The third-order valence-electron chi connectivity index (χ3n) is 1.21. The summed E-state index contributed by atoms with van der Waals surface area (Å²) in [6, 6.07) is 0. The highest BCUT2D eigenvalue weighted by molar-refractivity contribution is 4.33. The standard InChI is InChI=1S/C6H16NO2/c1-7(2,3)6(8)5-9-4/h6,8H,5H2,1-4H3/q+1. The van der Waals surface area contributed by atoms with Crippen LogP contribution in [-0.2, 0) is 4.74 Å². The Kier molecular flexibility index (Phi) is 3.11. The van der Waals surface area contributed by atoms with Crippen LogP contribution in [0.5, 0.6) is 0 Å². The summed E-state index contributed by atoms with van der Waals surface area (Å²) < 4.78 is 5.29. The van der Waals surface area contributed by atoms with Crippen molar-refractivity contribution in [3.63, 3.8) is 0 Å². The van der Waals surface area contributed by atoms with Crippen molar-refractivity contribution >= 4 is 0 Å². The van der Waals surface area contributed by atoms with E-state index in [0.29, 0.717) is 11.1 Å². The van der Waals surface area contributed by atoms with Crippen LogP contribution in [0.1, 0.15) is 0 Å². The van der Waals surface area contributed by atoms with Crippen molar-refractivity contribution in [3.8, 4) is 0 Å². The molecule has 0 aromatic rings. The molecule has 0 saturated heterocycles. The minimum Gasteiger partial charge on any atom is -0.376 e. The van der Waals surface area contributed by atoms with Gasteiger partial charge in [0, 0.05) is 7.11 Å². The summed E-state index contributed by atoms with van der Waals surface area (Å²) in [4.78, 5) is 0. The van der Waals surface area contributed by atoms with E-state index in [1.54, 1.807) is 7.11 Å². The molecule has 0 bridgehead atoms. The minimum absolute atomic E-state index is 0.392. The van der Waals surface area contributed by atoms with Crippen LogP contribution in [0.15, 0.2) is 0 Å². The topological polar surface area (TPSA) is 29.5 Å². The fourth-order valence-electron chi connectivity index (χ4n) is 0.373. The molecule has 0 rings (SSSR count). The number of methoxy groups -OCH3 is 1. The lowest BCUT2D eigenvalue weighted by Crippen LogP contribution is -2.47. The van der Waals surface area contributed by atoms with Gasteiger partial charge in [0.05, 0.1) is 21.1 Å². The van der Waals surface area contributed by atoms with E-state index in [2.05, 4.69) is 0 Å². The van der Waals surface area contributed by atoms with Gasteiger partial charge >= 0.3 is 0 Å².